The summed E-state index contributed by atoms with van der Waals surface area (Å²) in [6.07, 6.45) is 1.95. The minimum absolute atomic E-state index is 0.437. The molecule has 0 aliphatic carbocycles. The quantitative estimate of drug-likeness (QED) is 0.375. The molecule has 4 aromatic rings. The van der Waals surface area contributed by atoms with Crippen molar-refractivity contribution < 1.29 is 13.5 Å². The lowest BCUT2D eigenvalue weighted by Crippen LogP contribution is -2.34. The molecule has 1 saturated heterocycles. The first-order chi connectivity index (χ1) is 17.0. The summed E-state index contributed by atoms with van der Waals surface area (Å²) in [6.45, 7) is 6.84. The van der Waals surface area contributed by atoms with Gasteiger partial charge in [-0.25, -0.2) is 13.8 Å². The summed E-state index contributed by atoms with van der Waals surface area (Å²) in [7, 11) is 0. The van der Waals surface area contributed by atoms with E-state index in [4.69, 9.17) is 9.72 Å². The van der Waals surface area contributed by atoms with Gasteiger partial charge in [0.25, 0.3) is 0 Å². The van der Waals surface area contributed by atoms with E-state index >= 15 is 0 Å². The molecule has 0 spiro atoms. The zero-order chi connectivity index (χ0) is 23.9. The van der Waals surface area contributed by atoms with Crippen molar-refractivity contribution in [3.8, 4) is 17.3 Å². The predicted molar refractivity (Wildman–Crippen MR) is 129 cm³/mol. The average molecular weight is 479 g/mol. The Morgan fingerprint density at radius 3 is 2.66 bits per heavy atom. The number of fused-ring (bicyclic) bond motifs is 2. The van der Waals surface area contributed by atoms with Gasteiger partial charge in [0.2, 0.25) is 0 Å². The van der Waals surface area contributed by atoms with Crippen LogP contribution >= 0.6 is 0 Å². The zero-order valence-electron chi connectivity index (χ0n) is 19.6. The lowest BCUT2D eigenvalue weighted by Gasteiger charge is -2.27. The van der Waals surface area contributed by atoms with Crippen LogP contribution in [0, 0.1) is 17.6 Å². The summed E-state index contributed by atoms with van der Waals surface area (Å²) in [6, 6.07) is 9.02. The highest BCUT2D eigenvalue weighted by atomic mass is 19.1. The third-order valence-electron chi connectivity index (χ3n) is 7.02. The molecule has 182 valence electrons. The second-order valence-electron chi connectivity index (χ2n) is 9.62. The second kappa shape index (κ2) is 9.05. The van der Waals surface area contributed by atoms with E-state index in [0.717, 1.165) is 78.5 Å². The first-order valence-electron chi connectivity index (χ1n) is 12.1. The van der Waals surface area contributed by atoms with Crippen molar-refractivity contribution in [2.75, 3.05) is 19.6 Å². The minimum atomic E-state index is -0.622. The molecule has 2 aliphatic rings. The number of imidazole rings is 1. The molecule has 7 nitrogen and oxygen atoms in total. The van der Waals surface area contributed by atoms with Gasteiger partial charge < -0.3 is 15.0 Å². The molecule has 9 heteroatoms. The number of H-pyrrole nitrogens is 2. The smallest absolute Gasteiger partial charge is 0.159 e. The maximum Gasteiger partial charge on any atom is 0.159 e. The Labute approximate surface area is 201 Å². The Bertz CT molecular complexity index is 1320. The van der Waals surface area contributed by atoms with Gasteiger partial charge >= 0.3 is 0 Å². The van der Waals surface area contributed by atoms with Crippen LogP contribution in [0.1, 0.15) is 42.8 Å². The molecule has 0 radical (unpaired) electrons. The topological polar surface area (TPSA) is 81.9 Å². The molecular weight excluding hydrogens is 450 g/mol. The standard InChI is InChI=1S/C26H28F2N6O/c1-15(17-8-18(27)10-19(28)9-17)35-20-2-3-22-21(11-20)25(33-32-22)26-30-23-13-34(14-24(23)31-26)12-16-4-6-29-7-5-16/h2-3,8-11,15-16,29H,4-7,12-14H2,1H3,(H,30,31)(H,32,33). The van der Waals surface area contributed by atoms with Gasteiger partial charge in [-0.2, -0.15) is 5.10 Å². The van der Waals surface area contributed by atoms with E-state index in [0.29, 0.717) is 11.3 Å². The molecule has 1 fully saturated rings. The number of hydrogen-bond acceptors (Lipinski definition) is 5. The van der Waals surface area contributed by atoms with Crippen molar-refractivity contribution in [3.05, 3.63) is 65.0 Å². The number of piperidine rings is 1. The van der Waals surface area contributed by atoms with Crippen LogP contribution in [0.4, 0.5) is 8.78 Å². The Morgan fingerprint density at radius 1 is 1.09 bits per heavy atom. The Balaban J connectivity index is 1.19. The number of nitrogens with one attached hydrogen (secondary N) is 3. The highest BCUT2D eigenvalue weighted by Gasteiger charge is 2.27. The van der Waals surface area contributed by atoms with E-state index in [1.54, 1.807) is 6.92 Å². The fourth-order valence-corrected chi connectivity index (χ4v) is 5.20. The minimum Gasteiger partial charge on any atom is -0.486 e. The summed E-state index contributed by atoms with van der Waals surface area (Å²) < 4.78 is 33.3. The number of benzene rings is 2. The van der Waals surface area contributed by atoms with E-state index < -0.39 is 17.7 Å². The highest BCUT2D eigenvalue weighted by Crippen LogP contribution is 2.32. The van der Waals surface area contributed by atoms with Crippen molar-refractivity contribution in [3.63, 3.8) is 0 Å². The van der Waals surface area contributed by atoms with Crippen LogP contribution in [0.2, 0.25) is 0 Å². The fraction of sp³-hybridized carbons (Fsp3) is 0.385. The van der Waals surface area contributed by atoms with Crippen molar-refractivity contribution in [1.29, 1.82) is 0 Å². The SMILES string of the molecule is CC(Oc1ccc2[nH]nc(-c3nc4c([nH]3)CN(CC3CCNCC3)C4)c2c1)c1cc(F)cc(F)c1. The monoisotopic (exact) mass is 478 g/mol. The number of aromatic nitrogens is 4. The number of rotatable bonds is 6. The fourth-order valence-electron chi connectivity index (χ4n) is 5.20. The van der Waals surface area contributed by atoms with Gasteiger partial charge in [0.15, 0.2) is 5.82 Å². The summed E-state index contributed by atoms with van der Waals surface area (Å²) in [4.78, 5) is 10.8. The van der Waals surface area contributed by atoms with Crippen LogP contribution < -0.4 is 10.1 Å². The lowest BCUT2D eigenvalue weighted by molar-refractivity contribution is 0.206. The summed E-state index contributed by atoms with van der Waals surface area (Å²) in [5.41, 5.74) is 4.26. The highest BCUT2D eigenvalue weighted by molar-refractivity contribution is 5.92. The lowest BCUT2D eigenvalue weighted by atomic mass is 9.98. The number of aromatic amines is 2. The van der Waals surface area contributed by atoms with Crippen LogP contribution in [0.5, 0.6) is 5.75 Å². The molecule has 1 atom stereocenters. The average Bonchev–Trinajstić information content (AvgIpc) is 3.52. The Hall–Kier alpha value is -3.30. The Kier molecular flexibility index (Phi) is 5.74. The van der Waals surface area contributed by atoms with E-state index in [-0.39, 0.29) is 0 Å². The van der Waals surface area contributed by atoms with Crippen LogP contribution in [-0.2, 0) is 13.1 Å². The number of hydrogen-bond donors (Lipinski definition) is 3. The Morgan fingerprint density at radius 2 is 1.89 bits per heavy atom. The molecule has 2 aliphatic heterocycles. The van der Waals surface area contributed by atoms with E-state index in [2.05, 4.69) is 25.4 Å². The molecule has 4 heterocycles. The van der Waals surface area contributed by atoms with Crippen LogP contribution in [-0.4, -0.2) is 44.7 Å². The number of nitrogens with zero attached hydrogens (tertiary/aromatic N) is 3. The van der Waals surface area contributed by atoms with Crippen LogP contribution in [0.25, 0.3) is 22.4 Å². The molecule has 2 aromatic heterocycles. The van der Waals surface area contributed by atoms with Gasteiger partial charge in [-0.1, -0.05) is 0 Å². The van der Waals surface area contributed by atoms with Gasteiger partial charge in [-0.15, -0.1) is 0 Å². The van der Waals surface area contributed by atoms with Crippen molar-refractivity contribution in [2.45, 2.75) is 39.0 Å². The molecule has 1 unspecified atom stereocenters. The first-order valence-corrected chi connectivity index (χ1v) is 12.1. The molecule has 0 saturated carbocycles. The van der Waals surface area contributed by atoms with Crippen LogP contribution in [0.3, 0.4) is 0 Å². The van der Waals surface area contributed by atoms with Gasteiger partial charge in [-0.05, 0) is 74.7 Å². The second-order valence-corrected chi connectivity index (χ2v) is 9.62. The van der Waals surface area contributed by atoms with Gasteiger partial charge in [0.1, 0.15) is 29.2 Å². The molecule has 0 amide bonds. The van der Waals surface area contributed by atoms with Crippen molar-refractivity contribution in [1.82, 2.24) is 30.4 Å². The number of ether oxygens (including phenoxy) is 1. The van der Waals surface area contributed by atoms with Gasteiger partial charge in [0.05, 0.1) is 16.9 Å². The summed E-state index contributed by atoms with van der Waals surface area (Å²) in [5, 5.41) is 11.9. The normalized spacial score (nSPS) is 17.7. The molecule has 35 heavy (non-hydrogen) atoms. The van der Waals surface area contributed by atoms with E-state index in [1.165, 1.54) is 25.0 Å². The maximum absolute atomic E-state index is 13.6. The van der Waals surface area contributed by atoms with Crippen LogP contribution in [0.15, 0.2) is 36.4 Å². The molecule has 3 N–H and O–H groups in total. The van der Waals surface area contributed by atoms with Crippen molar-refractivity contribution in [2.24, 2.45) is 5.92 Å². The summed E-state index contributed by atoms with van der Waals surface area (Å²) in [5.74, 6) is 0.829. The first kappa shape index (κ1) is 22.2. The number of halogens is 2. The largest absolute Gasteiger partial charge is 0.486 e. The molecule has 2 aromatic carbocycles. The van der Waals surface area contributed by atoms with Crippen molar-refractivity contribution >= 4 is 10.9 Å². The molecule has 6 rings (SSSR count). The van der Waals surface area contributed by atoms with Gasteiger partial charge in [-0.3, -0.25) is 10.00 Å². The molecular formula is C26H28F2N6O. The third kappa shape index (κ3) is 4.53. The predicted octanol–water partition coefficient (Wildman–Crippen LogP) is 4.69. The maximum atomic E-state index is 13.6. The summed E-state index contributed by atoms with van der Waals surface area (Å²) >= 11 is 0. The van der Waals surface area contributed by atoms with Gasteiger partial charge in [0, 0.05) is 31.1 Å². The third-order valence-corrected chi connectivity index (χ3v) is 7.02. The molecule has 0 bridgehead atoms. The zero-order valence-corrected chi connectivity index (χ0v) is 19.6. The van der Waals surface area contributed by atoms with E-state index in [1.807, 2.05) is 18.2 Å². The van der Waals surface area contributed by atoms with E-state index in [9.17, 15) is 8.78 Å².